The van der Waals surface area contributed by atoms with Crippen LogP contribution in [0.4, 0.5) is 11.5 Å². The van der Waals surface area contributed by atoms with E-state index in [4.69, 9.17) is 5.73 Å². The molecule has 0 atom stereocenters. The highest BCUT2D eigenvalue weighted by atomic mass is 16.5. The average Bonchev–Trinajstić information content (AvgIpc) is 2.36. The van der Waals surface area contributed by atoms with Gasteiger partial charge in [0.2, 0.25) is 0 Å². The van der Waals surface area contributed by atoms with Crippen LogP contribution in [0.3, 0.4) is 0 Å². The Kier molecular flexibility index (Phi) is 3.90. The molecule has 1 fully saturated rings. The van der Waals surface area contributed by atoms with Gasteiger partial charge in [-0.1, -0.05) is 0 Å². The molecule has 0 spiro atoms. The minimum atomic E-state index is -0.464. The van der Waals surface area contributed by atoms with Gasteiger partial charge >= 0.3 is 5.97 Å². The fourth-order valence-electron chi connectivity index (χ4n) is 2.28. The molecule has 0 amide bonds. The topological polar surface area (TPSA) is 88.7 Å². The Morgan fingerprint density at radius 1 is 1.63 bits per heavy atom. The summed E-state index contributed by atoms with van der Waals surface area (Å²) in [5.41, 5.74) is 6.34. The summed E-state index contributed by atoms with van der Waals surface area (Å²) in [6.45, 7) is 0.800. The number of aliphatic hydroxyl groups is 1. The number of aromatic nitrogens is 1. The monoisotopic (exact) mass is 265 g/mol. The van der Waals surface area contributed by atoms with Gasteiger partial charge in [0.15, 0.2) is 0 Å². The van der Waals surface area contributed by atoms with Crippen LogP contribution in [-0.4, -0.2) is 42.9 Å². The third-order valence-electron chi connectivity index (χ3n) is 3.46. The number of nitrogens with zero attached hydrogens (tertiary/aromatic N) is 2. The molecule has 0 aliphatic heterocycles. The summed E-state index contributed by atoms with van der Waals surface area (Å²) in [6.07, 6.45) is 2.95. The van der Waals surface area contributed by atoms with E-state index < -0.39 is 5.97 Å². The number of ether oxygens (including phenoxy) is 1. The number of carbonyl (C=O) groups excluding carboxylic acids is 1. The molecule has 6 nitrogen and oxygen atoms in total. The SMILES string of the molecule is COC(=O)c1cc(N(C)CC2CC(O)C2)ncc1N. The van der Waals surface area contributed by atoms with E-state index in [-0.39, 0.29) is 6.10 Å². The smallest absolute Gasteiger partial charge is 0.340 e. The number of nitrogen functional groups attached to an aromatic ring is 1. The van der Waals surface area contributed by atoms with Crippen LogP contribution in [0.15, 0.2) is 12.3 Å². The lowest BCUT2D eigenvalue weighted by atomic mass is 9.82. The van der Waals surface area contributed by atoms with Gasteiger partial charge in [-0.3, -0.25) is 0 Å². The molecule has 19 heavy (non-hydrogen) atoms. The van der Waals surface area contributed by atoms with Crippen LogP contribution in [0.2, 0.25) is 0 Å². The van der Waals surface area contributed by atoms with E-state index in [0.717, 1.165) is 19.4 Å². The van der Waals surface area contributed by atoms with Crippen LogP contribution in [0.25, 0.3) is 0 Å². The van der Waals surface area contributed by atoms with E-state index in [1.807, 2.05) is 11.9 Å². The Hall–Kier alpha value is -1.82. The summed E-state index contributed by atoms with van der Waals surface area (Å²) in [4.78, 5) is 17.7. The van der Waals surface area contributed by atoms with Gasteiger partial charge in [0.05, 0.1) is 30.7 Å². The van der Waals surface area contributed by atoms with E-state index in [1.54, 1.807) is 6.07 Å². The van der Waals surface area contributed by atoms with Gasteiger partial charge in [-0.05, 0) is 24.8 Å². The molecule has 2 rings (SSSR count). The second kappa shape index (κ2) is 5.44. The largest absolute Gasteiger partial charge is 0.465 e. The summed E-state index contributed by atoms with van der Waals surface area (Å²) in [5, 5.41) is 9.28. The van der Waals surface area contributed by atoms with Gasteiger partial charge in [0.25, 0.3) is 0 Å². The number of esters is 1. The summed E-state index contributed by atoms with van der Waals surface area (Å²) < 4.78 is 4.68. The van der Waals surface area contributed by atoms with Crippen molar-refractivity contribution in [3.63, 3.8) is 0 Å². The first-order valence-electron chi connectivity index (χ1n) is 6.24. The van der Waals surface area contributed by atoms with Crippen LogP contribution < -0.4 is 10.6 Å². The van der Waals surface area contributed by atoms with Gasteiger partial charge < -0.3 is 20.5 Å². The summed E-state index contributed by atoms with van der Waals surface area (Å²) in [6, 6.07) is 1.64. The second-order valence-corrected chi connectivity index (χ2v) is 4.99. The fraction of sp³-hybridized carbons (Fsp3) is 0.538. The van der Waals surface area contributed by atoms with E-state index in [0.29, 0.717) is 23.0 Å². The Balaban J connectivity index is 2.09. The molecule has 0 saturated heterocycles. The highest BCUT2D eigenvalue weighted by Gasteiger charge is 2.28. The standard InChI is InChI=1S/C13H19N3O3/c1-16(7-8-3-9(17)4-8)12-5-10(13(18)19-2)11(14)6-15-12/h5-6,8-9,17H,3-4,7,14H2,1-2H3. The average molecular weight is 265 g/mol. The molecular weight excluding hydrogens is 246 g/mol. The number of nitrogens with two attached hydrogens (primary N) is 1. The zero-order chi connectivity index (χ0) is 14.0. The normalized spacial score (nSPS) is 21.6. The zero-order valence-electron chi connectivity index (χ0n) is 11.2. The predicted octanol–water partition coefficient (Wildman–Crippen LogP) is 0.657. The third kappa shape index (κ3) is 2.96. The number of anilines is 2. The third-order valence-corrected chi connectivity index (χ3v) is 3.46. The van der Waals surface area contributed by atoms with Crippen LogP contribution >= 0.6 is 0 Å². The molecule has 1 aromatic heterocycles. The minimum Gasteiger partial charge on any atom is -0.465 e. The molecule has 6 heteroatoms. The Morgan fingerprint density at radius 3 is 2.89 bits per heavy atom. The summed E-state index contributed by atoms with van der Waals surface area (Å²) in [7, 11) is 3.23. The van der Waals surface area contributed by atoms with Crippen molar-refractivity contribution in [3.8, 4) is 0 Å². The first kappa shape index (κ1) is 13.6. The number of hydrogen-bond acceptors (Lipinski definition) is 6. The van der Waals surface area contributed by atoms with Gasteiger partial charge in [-0.25, -0.2) is 9.78 Å². The first-order chi connectivity index (χ1) is 9.01. The molecule has 3 N–H and O–H groups in total. The number of rotatable bonds is 4. The molecule has 104 valence electrons. The van der Waals surface area contributed by atoms with Crippen LogP contribution in [0.1, 0.15) is 23.2 Å². The number of aliphatic hydroxyl groups excluding tert-OH is 1. The van der Waals surface area contributed by atoms with Crippen molar-refractivity contribution < 1.29 is 14.6 Å². The lowest BCUT2D eigenvalue weighted by Gasteiger charge is -2.34. The Morgan fingerprint density at radius 2 is 2.32 bits per heavy atom. The number of carbonyl (C=O) groups is 1. The molecule has 0 aromatic carbocycles. The maximum absolute atomic E-state index is 11.6. The van der Waals surface area contributed by atoms with Gasteiger partial charge in [-0.15, -0.1) is 0 Å². The van der Waals surface area contributed by atoms with Crippen molar-refractivity contribution in [1.29, 1.82) is 0 Å². The Bertz CT molecular complexity index is 472. The van der Waals surface area contributed by atoms with Crippen molar-refractivity contribution in [2.24, 2.45) is 5.92 Å². The summed E-state index contributed by atoms with van der Waals surface area (Å²) >= 11 is 0. The van der Waals surface area contributed by atoms with E-state index in [9.17, 15) is 9.90 Å². The van der Waals surface area contributed by atoms with E-state index >= 15 is 0 Å². The molecule has 1 aliphatic carbocycles. The minimum absolute atomic E-state index is 0.164. The predicted molar refractivity (Wildman–Crippen MR) is 72.0 cm³/mol. The van der Waals surface area contributed by atoms with E-state index in [2.05, 4.69) is 9.72 Å². The zero-order valence-corrected chi connectivity index (χ0v) is 11.2. The molecule has 0 radical (unpaired) electrons. The fourth-order valence-corrected chi connectivity index (χ4v) is 2.28. The second-order valence-electron chi connectivity index (χ2n) is 4.99. The highest BCUT2D eigenvalue weighted by Crippen LogP contribution is 2.29. The van der Waals surface area contributed by atoms with Crippen LogP contribution in [0, 0.1) is 5.92 Å². The first-order valence-corrected chi connectivity index (χ1v) is 6.24. The molecular formula is C13H19N3O3. The Labute approximate surface area is 112 Å². The van der Waals surface area contributed by atoms with Gasteiger partial charge in [0, 0.05) is 13.6 Å². The van der Waals surface area contributed by atoms with Crippen molar-refractivity contribution in [1.82, 2.24) is 4.98 Å². The van der Waals surface area contributed by atoms with Crippen molar-refractivity contribution >= 4 is 17.5 Å². The lowest BCUT2D eigenvalue weighted by molar-refractivity contribution is 0.0464. The van der Waals surface area contributed by atoms with Crippen molar-refractivity contribution in [2.45, 2.75) is 18.9 Å². The van der Waals surface area contributed by atoms with Crippen LogP contribution in [-0.2, 0) is 4.74 Å². The van der Waals surface area contributed by atoms with Crippen molar-refractivity contribution in [3.05, 3.63) is 17.8 Å². The number of pyridine rings is 1. The number of hydrogen-bond donors (Lipinski definition) is 2. The number of methoxy groups -OCH3 is 1. The maximum atomic E-state index is 11.6. The molecule has 0 bridgehead atoms. The molecule has 1 aromatic rings. The van der Waals surface area contributed by atoms with E-state index in [1.165, 1.54) is 13.3 Å². The van der Waals surface area contributed by atoms with Crippen LogP contribution in [0.5, 0.6) is 0 Å². The van der Waals surface area contributed by atoms with Gasteiger partial charge in [-0.2, -0.15) is 0 Å². The molecule has 1 heterocycles. The molecule has 1 aliphatic rings. The quantitative estimate of drug-likeness (QED) is 0.777. The van der Waals surface area contributed by atoms with Crippen molar-refractivity contribution in [2.75, 3.05) is 31.3 Å². The van der Waals surface area contributed by atoms with Gasteiger partial charge in [0.1, 0.15) is 5.82 Å². The molecule has 1 saturated carbocycles. The maximum Gasteiger partial charge on any atom is 0.340 e. The lowest BCUT2D eigenvalue weighted by Crippen LogP contribution is -2.37. The summed E-state index contributed by atoms with van der Waals surface area (Å²) in [5.74, 6) is 0.686. The molecule has 0 unspecified atom stereocenters. The highest BCUT2D eigenvalue weighted by molar-refractivity contribution is 5.95.